The van der Waals surface area contributed by atoms with Crippen molar-refractivity contribution in [3.8, 4) is 5.75 Å². The van der Waals surface area contributed by atoms with E-state index in [9.17, 15) is 22.8 Å². The Morgan fingerprint density at radius 3 is 2.23 bits per heavy atom. The number of hydrogen-bond acceptors (Lipinski definition) is 3. The van der Waals surface area contributed by atoms with Crippen LogP contribution in [0.4, 0.5) is 23.7 Å². The minimum atomic E-state index is -4.53. The SMILES string of the molecule is O=C(NNC(=O)c1ccc(OCc2ccccc2)cc1)Nc1cccc(C(F)(F)F)c1. The Bertz CT molecular complexity index is 1040. The normalized spacial score (nSPS) is 10.8. The van der Waals surface area contributed by atoms with Crippen molar-refractivity contribution in [1.29, 1.82) is 0 Å². The van der Waals surface area contributed by atoms with Gasteiger partial charge in [-0.3, -0.25) is 10.2 Å². The van der Waals surface area contributed by atoms with Gasteiger partial charge in [0.25, 0.3) is 5.91 Å². The molecule has 0 aliphatic rings. The lowest BCUT2D eigenvalue weighted by molar-refractivity contribution is -0.137. The molecule has 0 saturated heterocycles. The second-order valence-corrected chi connectivity index (χ2v) is 6.41. The predicted molar refractivity (Wildman–Crippen MR) is 108 cm³/mol. The molecule has 31 heavy (non-hydrogen) atoms. The second kappa shape index (κ2) is 9.66. The lowest BCUT2D eigenvalue weighted by Gasteiger charge is -2.11. The summed E-state index contributed by atoms with van der Waals surface area (Å²) in [6.07, 6.45) is -4.53. The third-order valence-electron chi connectivity index (χ3n) is 4.10. The maximum atomic E-state index is 12.7. The fourth-order valence-electron chi connectivity index (χ4n) is 2.56. The van der Waals surface area contributed by atoms with Crippen molar-refractivity contribution < 1.29 is 27.5 Å². The second-order valence-electron chi connectivity index (χ2n) is 6.41. The number of hydrazine groups is 1. The van der Waals surface area contributed by atoms with Crippen LogP contribution >= 0.6 is 0 Å². The van der Waals surface area contributed by atoms with Gasteiger partial charge in [-0.25, -0.2) is 10.2 Å². The van der Waals surface area contributed by atoms with Crippen LogP contribution in [0.15, 0.2) is 78.9 Å². The molecule has 0 aliphatic heterocycles. The number of urea groups is 1. The molecule has 3 aromatic carbocycles. The van der Waals surface area contributed by atoms with E-state index in [-0.39, 0.29) is 11.3 Å². The van der Waals surface area contributed by atoms with Crippen LogP contribution in [0.5, 0.6) is 5.75 Å². The van der Waals surface area contributed by atoms with E-state index in [0.29, 0.717) is 12.4 Å². The zero-order chi connectivity index (χ0) is 22.3. The van der Waals surface area contributed by atoms with Gasteiger partial charge in [0.2, 0.25) is 0 Å². The number of anilines is 1. The van der Waals surface area contributed by atoms with Crippen LogP contribution in [0.25, 0.3) is 0 Å². The van der Waals surface area contributed by atoms with E-state index in [2.05, 4.69) is 16.2 Å². The standard InChI is InChI=1S/C22H18F3N3O3/c23-22(24,25)17-7-4-8-18(13-17)26-21(30)28-27-20(29)16-9-11-19(12-10-16)31-14-15-5-2-1-3-6-15/h1-13H,14H2,(H,27,29)(H2,26,28,30). The first-order valence-corrected chi connectivity index (χ1v) is 9.12. The number of rotatable bonds is 5. The number of benzene rings is 3. The number of amides is 3. The van der Waals surface area contributed by atoms with E-state index in [1.165, 1.54) is 24.3 Å². The largest absolute Gasteiger partial charge is 0.489 e. The molecule has 0 atom stereocenters. The monoisotopic (exact) mass is 429 g/mol. The Kier molecular flexibility index (Phi) is 6.76. The number of alkyl halides is 3. The van der Waals surface area contributed by atoms with Crippen LogP contribution in [0.2, 0.25) is 0 Å². The van der Waals surface area contributed by atoms with Gasteiger partial charge in [0.1, 0.15) is 12.4 Å². The van der Waals surface area contributed by atoms with Crippen molar-refractivity contribution in [1.82, 2.24) is 10.9 Å². The predicted octanol–water partition coefficient (Wildman–Crippen LogP) is 4.75. The molecule has 0 bridgehead atoms. The molecule has 0 radical (unpaired) electrons. The summed E-state index contributed by atoms with van der Waals surface area (Å²) in [4.78, 5) is 24.0. The van der Waals surface area contributed by atoms with Gasteiger partial charge in [0.15, 0.2) is 0 Å². The highest BCUT2D eigenvalue weighted by atomic mass is 19.4. The summed E-state index contributed by atoms with van der Waals surface area (Å²) in [5.74, 6) is -0.0375. The zero-order valence-electron chi connectivity index (χ0n) is 16.1. The Balaban J connectivity index is 1.48. The van der Waals surface area contributed by atoms with Gasteiger partial charge in [-0.1, -0.05) is 36.4 Å². The first-order valence-electron chi connectivity index (χ1n) is 9.12. The van der Waals surface area contributed by atoms with E-state index in [0.717, 1.165) is 17.7 Å². The molecule has 3 N–H and O–H groups in total. The lowest BCUT2D eigenvalue weighted by Crippen LogP contribution is -2.43. The van der Waals surface area contributed by atoms with Crippen LogP contribution in [0.1, 0.15) is 21.5 Å². The van der Waals surface area contributed by atoms with E-state index in [1.54, 1.807) is 12.1 Å². The van der Waals surface area contributed by atoms with Gasteiger partial charge in [-0.05, 0) is 48.0 Å². The molecule has 160 valence electrons. The summed E-state index contributed by atoms with van der Waals surface area (Å²) in [5, 5.41) is 2.22. The minimum absolute atomic E-state index is 0.0681. The number of hydrogen-bond donors (Lipinski definition) is 3. The first-order chi connectivity index (χ1) is 14.8. The van der Waals surface area contributed by atoms with Crippen molar-refractivity contribution in [2.24, 2.45) is 0 Å². The highest BCUT2D eigenvalue weighted by Crippen LogP contribution is 2.30. The number of ether oxygens (including phenoxy) is 1. The Morgan fingerprint density at radius 2 is 1.55 bits per heavy atom. The van der Waals surface area contributed by atoms with Gasteiger partial charge in [0, 0.05) is 11.3 Å². The van der Waals surface area contributed by atoms with Crippen LogP contribution < -0.4 is 20.9 Å². The summed E-state index contributed by atoms with van der Waals surface area (Å²) in [7, 11) is 0. The Morgan fingerprint density at radius 1 is 0.839 bits per heavy atom. The lowest BCUT2D eigenvalue weighted by atomic mass is 10.2. The summed E-state index contributed by atoms with van der Waals surface area (Å²) >= 11 is 0. The van der Waals surface area contributed by atoms with Gasteiger partial charge in [-0.2, -0.15) is 13.2 Å². The molecule has 9 heteroatoms. The summed E-state index contributed by atoms with van der Waals surface area (Å²) < 4.78 is 43.8. The highest BCUT2D eigenvalue weighted by Gasteiger charge is 2.30. The molecule has 0 unspecified atom stereocenters. The molecule has 3 rings (SSSR count). The summed E-state index contributed by atoms with van der Waals surface area (Å²) in [5.41, 5.74) is 4.55. The van der Waals surface area contributed by atoms with E-state index < -0.39 is 23.7 Å². The molecule has 0 aliphatic carbocycles. The maximum absolute atomic E-state index is 12.7. The van der Waals surface area contributed by atoms with E-state index >= 15 is 0 Å². The zero-order valence-corrected chi connectivity index (χ0v) is 16.1. The van der Waals surface area contributed by atoms with Crippen LogP contribution in [-0.2, 0) is 12.8 Å². The Hall–Kier alpha value is -4.01. The maximum Gasteiger partial charge on any atom is 0.416 e. The van der Waals surface area contributed by atoms with Crippen molar-refractivity contribution in [3.63, 3.8) is 0 Å². The van der Waals surface area contributed by atoms with Gasteiger partial charge in [-0.15, -0.1) is 0 Å². The van der Waals surface area contributed by atoms with Crippen LogP contribution in [-0.4, -0.2) is 11.9 Å². The molecule has 3 amide bonds. The summed E-state index contributed by atoms with van der Waals surface area (Å²) in [6.45, 7) is 0.379. The van der Waals surface area contributed by atoms with Crippen molar-refractivity contribution in [3.05, 3.63) is 95.6 Å². The summed E-state index contributed by atoms with van der Waals surface area (Å²) in [6, 6.07) is 19.1. The highest BCUT2D eigenvalue weighted by molar-refractivity contribution is 5.97. The molecule has 0 saturated carbocycles. The van der Waals surface area contributed by atoms with Gasteiger partial charge < -0.3 is 10.1 Å². The third kappa shape index (κ3) is 6.49. The molecule has 0 heterocycles. The van der Waals surface area contributed by atoms with Gasteiger partial charge >= 0.3 is 12.2 Å². The minimum Gasteiger partial charge on any atom is -0.489 e. The van der Waals surface area contributed by atoms with Crippen molar-refractivity contribution in [2.75, 3.05) is 5.32 Å². The van der Waals surface area contributed by atoms with Crippen LogP contribution in [0.3, 0.4) is 0 Å². The molecule has 6 nitrogen and oxygen atoms in total. The van der Waals surface area contributed by atoms with Crippen LogP contribution in [0, 0.1) is 0 Å². The van der Waals surface area contributed by atoms with E-state index in [1.807, 2.05) is 30.3 Å². The Labute approximate surface area is 176 Å². The molecule has 0 aromatic heterocycles. The fourth-order valence-corrected chi connectivity index (χ4v) is 2.56. The number of halogens is 3. The van der Waals surface area contributed by atoms with E-state index in [4.69, 9.17) is 4.74 Å². The average Bonchev–Trinajstić information content (AvgIpc) is 2.77. The molecule has 3 aromatic rings. The molecule has 0 spiro atoms. The smallest absolute Gasteiger partial charge is 0.416 e. The third-order valence-corrected chi connectivity index (χ3v) is 4.10. The van der Waals surface area contributed by atoms with Crippen molar-refractivity contribution in [2.45, 2.75) is 12.8 Å². The molecule has 0 fully saturated rings. The quantitative estimate of drug-likeness (QED) is 0.512. The topological polar surface area (TPSA) is 79.5 Å². The number of carbonyl (C=O) groups excluding carboxylic acids is 2. The number of nitrogens with one attached hydrogen (secondary N) is 3. The fraction of sp³-hybridized carbons (Fsp3) is 0.0909. The van der Waals surface area contributed by atoms with Crippen molar-refractivity contribution >= 4 is 17.6 Å². The molecular formula is C22H18F3N3O3. The average molecular weight is 429 g/mol. The first kappa shape index (κ1) is 21.7. The molecular weight excluding hydrogens is 411 g/mol. The van der Waals surface area contributed by atoms with Gasteiger partial charge in [0.05, 0.1) is 5.56 Å². The number of carbonyl (C=O) groups is 2.